The maximum atomic E-state index is 12.8. The van der Waals surface area contributed by atoms with Gasteiger partial charge in [-0.3, -0.25) is 19.8 Å². The molecule has 1 aromatic carbocycles. The Hall–Kier alpha value is -3.71. The summed E-state index contributed by atoms with van der Waals surface area (Å²) in [5, 5.41) is 26.4. The number of hydrogen-bond acceptors (Lipinski definition) is 8. The van der Waals surface area contributed by atoms with Gasteiger partial charge >= 0.3 is 24.1 Å². The maximum absolute atomic E-state index is 12.8. The van der Waals surface area contributed by atoms with E-state index in [0.29, 0.717) is 34.2 Å². The molecule has 3 rings (SSSR count). The fraction of sp³-hybridized carbons (Fsp3) is 0.375. The van der Waals surface area contributed by atoms with Crippen LogP contribution in [0.1, 0.15) is 44.2 Å². The molecule has 0 aliphatic carbocycles. The number of hydrogen-bond donors (Lipinski definition) is 4. The Balaban J connectivity index is 1.87. The lowest BCUT2D eigenvalue weighted by Gasteiger charge is -2.17. The van der Waals surface area contributed by atoms with Gasteiger partial charge in [0.1, 0.15) is 0 Å². The molecule has 0 fully saturated rings. The molecule has 0 saturated heterocycles. The summed E-state index contributed by atoms with van der Waals surface area (Å²) in [6, 6.07) is 4.87. The number of nitrogens with zero attached hydrogens (tertiary/aromatic N) is 2. The van der Waals surface area contributed by atoms with Crippen LogP contribution in [-0.2, 0) is 27.2 Å². The topological polar surface area (TPSA) is 158 Å². The highest BCUT2D eigenvalue weighted by molar-refractivity contribution is 7.22. The van der Waals surface area contributed by atoms with E-state index < -0.39 is 24.1 Å². The molecule has 0 radical (unpaired) electrons. The lowest BCUT2D eigenvalue weighted by molar-refractivity contribution is -0.137. The van der Waals surface area contributed by atoms with Crippen molar-refractivity contribution in [2.45, 2.75) is 46.0 Å². The Labute approximate surface area is 221 Å². The van der Waals surface area contributed by atoms with Gasteiger partial charge in [-0.2, -0.15) is 0 Å². The number of urea groups is 1. The summed E-state index contributed by atoms with van der Waals surface area (Å²) in [6.45, 7) is 3.71. The van der Waals surface area contributed by atoms with Crippen molar-refractivity contribution in [3.8, 4) is 0 Å². The summed E-state index contributed by atoms with van der Waals surface area (Å²) in [5.41, 5.74) is 2.71. The molecule has 11 nitrogen and oxygen atoms in total. The second-order valence-corrected chi connectivity index (χ2v) is 9.85. The predicted molar refractivity (Wildman–Crippen MR) is 143 cm³/mol. The second-order valence-electron chi connectivity index (χ2n) is 7.93. The minimum atomic E-state index is -1.04. The quantitative estimate of drug-likeness (QED) is 0.234. The molecule has 0 unspecified atom stereocenters. The first-order chi connectivity index (χ1) is 17.7. The molecule has 198 valence electrons. The van der Waals surface area contributed by atoms with Gasteiger partial charge < -0.3 is 20.3 Å². The molecule has 0 bridgehead atoms. The van der Waals surface area contributed by atoms with Crippen molar-refractivity contribution < 1.29 is 34.1 Å². The van der Waals surface area contributed by atoms with Crippen LogP contribution in [0.3, 0.4) is 0 Å². The zero-order valence-corrected chi connectivity index (χ0v) is 22.0. The number of nitrogens with one attached hydrogen (secondary N) is 2. The summed E-state index contributed by atoms with van der Waals surface area (Å²) in [4.78, 5) is 53.2. The number of carbonyl (C=O) groups is 4. The van der Waals surface area contributed by atoms with Gasteiger partial charge in [-0.15, -0.1) is 11.3 Å². The highest BCUT2D eigenvalue weighted by Gasteiger charge is 2.23. The molecule has 2 heterocycles. The number of fused-ring (bicyclic) bond motifs is 1. The first-order valence-corrected chi connectivity index (χ1v) is 13.4. The minimum absolute atomic E-state index is 0.0359. The minimum Gasteiger partial charge on any atom is -0.481 e. The predicted octanol–water partition coefficient (Wildman–Crippen LogP) is 5.41. The van der Waals surface area contributed by atoms with E-state index in [1.165, 1.54) is 27.6 Å². The average Bonchev–Trinajstić information content (AvgIpc) is 3.46. The molecule has 0 aliphatic rings. The Bertz CT molecular complexity index is 1290. The molecule has 2 aromatic heterocycles. The van der Waals surface area contributed by atoms with Crippen molar-refractivity contribution in [2.75, 3.05) is 28.7 Å². The van der Waals surface area contributed by atoms with Gasteiger partial charge in [0.05, 0.1) is 28.2 Å². The summed E-state index contributed by atoms with van der Waals surface area (Å²) >= 11 is 2.55. The highest BCUT2D eigenvalue weighted by Crippen LogP contribution is 2.35. The first kappa shape index (κ1) is 27.9. The third-order valence-corrected chi connectivity index (χ3v) is 7.17. The highest BCUT2D eigenvalue weighted by atomic mass is 32.1. The number of rotatable bonds is 12. The number of aromatic nitrogens is 1. The summed E-state index contributed by atoms with van der Waals surface area (Å²) in [6.07, 6.45) is 0.710. The molecule has 3 amide bonds. The van der Waals surface area contributed by atoms with E-state index in [2.05, 4.69) is 15.6 Å². The Kier molecular flexibility index (Phi) is 9.80. The van der Waals surface area contributed by atoms with E-state index in [9.17, 15) is 19.2 Å². The number of benzene rings is 1. The molecule has 0 atom stereocenters. The van der Waals surface area contributed by atoms with Crippen LogP contribution in [0.15, 0.2) is 23.6 Å². The Morgan fingerprint density at radius 2 is 1.78 bits per heavy atom. The molecular formula is C24H28N4O7S2. The van der Waals surface area contributed by atoms with Crippen LogP contribution in [0.5, 0.6) is 0 Å². The van der Waals surface area contributed by atoms with Gasteiger partial charge in [-0.1, -0.05) is 24.7 Å². The second kappa shape index (κ2) is 13.0. The molecule has 0 saturated carbocycles. The number of ether oxygens (including phenoxy) is 1. The lowest BCUT2D eigenvalue weighted by Crippen LogP contribution is -2.33. The van der Waals surface area contributed by atoms with Crippen LogP contribution in [0, 0.1) is 0 Å². The van der Waals surface area contributed by atoms with Gasteiger partial charge in [0, 0.05) is 24.2 Å². The Morgan fingerprint density at radius 3 is 2.46 bits per heavy atom. The number of carboxylic acids is 2. The van der Waals surface area contributed by atoms with Crippen LogP contribution < -0.4 is 15.5 Å². The standard InChI is InChI=1S/C24H28N4O7S2/c1-3-5-15-16(25-22(33)27-21-14(11-13-36-21)6-9-18(29)30)7-8-17-20(15)26-23(37-17)28(12-10-19(31)32)24(34)35-4-2/h7-8,11,13H,3-6,9-10,12H2,1-2H3,(H,29,30)(H,31,32)(H2,25,27,33). The van der Waals surface area contributed by atoms with E-state index in [0.717, 1.165) is 22.2 Å². The van der Waals surface area contributed by atoms with Crippen molar-refractivity contribution in [3.05, 3.63) is 34.7 Å². The van der Waals surface area contributed by atoms with E-state index in [-0.39, 0.29) is 26.0 Å². The monoisotopic (exact) mass is 548 g/mol. The fourth-order valence-corrected chi connectivity index (χ4v) is 5.44. The molecular weight excluding hydrogens is 520 g/mol. The molecule has 13 heteroatoms. The van der Waals surface area contributed by atoms with Gasteiger partial charge in [-0.25, -0.2) is 14.6 Å². The van der Waals surface area contributed by atoms with Crippen molar-refractivity contribution >= 4 is 72.8 Å². The van der Waals surface area contributed by atoms with Crippen LogP contribution in [0.4, 0.5) is 25.4 Å². The van der Waals surface area contributed by atoms with Crippen molar-refractivity contribution in [1.82, 2.24) is 4.98 Å². The fourth-order valence-electron chi connectivity index (χ4n) is 3.59. The average molecular weight is 549 g/mol. The number of aliphatic carboxylic acids is 2. The van der Waals surface area contributed by atoms with Gasteiger partial charge in [-0.05, 0) is 48.9 Å². The number of aryl methyl sites for hydroxylation is 2. The third-order valence-electron chi connectivity index (χ3n) is 5.25. The van der Waals surface area contributed by atoms with Crippen molar-refractivity contribution in [2.24, 2.45) is 0 Å². The lowest BCUT2D eigenvalue weighted by atomic mass is 10.1. The number of amides is 3. The van der Waals surface area contributed by atoms with Crippen molar-refractivity contribution in [1.29, 1.82) is 0 Å². The summed E-state index contributed by atoms with van der Waals surface area (Å²) < 4.78 is 5.88. The smallest absolute Gasteiger partial charge is 0.416 e. The van der Waals surface area contributed by atoms with Gasteiger partial charge in [0.25, 0.3) is 0 Å². The molecule has 0 spiro atoms. The Morgan fingerprint density at radius 1 is 1.03 bits per heavy atom. The number of thiophene rings is 1. The van der Waals surface area contributed by atoms with Crippen LogP contribution in [0.2, 0.25) is 0 Å². The molecule has 3 aromatic rings. The van der Waals surface area contributed by atoms with Crippen LogP contribution in [-0.4, -0.2) is 52.4 Å². The summed E-state index contributed by atoms with van der Waals surface area (Å²) in [5.74, 6) is -1.96. The zero-order valence-electron chi connectivity index (χ0n) is 20.4. The van der Waals surface area contributed by atoms with E-state index in [4.69, 9.17) is 14.9 Å². The molecule has 37 heavy (non-hydrogen) atoms. The SMILES string of the molecule is CCCc1c(NC(=O)Nc2sccc2CCC(=O)O)ccc2sc(N(CCC(=O)O)C(=O)OCC)nc12. The normalized spacial score (nSPS) is 10.8. The van der Waals surface area contributed by atoms with Gasteiger partial charge in [0.15, 0.2) is 5.13 Å². The zero-order chi connectivity index (χ0) is 26.9. The van der Waals surface area contributed by atoms with Gasteiger partial charge in [0.2, 0.25) is 0 Å². The van der Waals surface area contributed by atoms with E-state index >= 15 is 0 Å². The maximum Gasteiger partial charge on any atom is 0.416 e. The van der Waals surface area contributed by atoms with Crippen molar-refractivity contribution in [3.63, 3.8) is 0 Å². The number of thiazole rings is 1. The number of anilines is 3. The van der Waals surface area contributed by atoms with E-state index in [1.54, 1.807) is 30.5 Å². The number of carboxylic acid groups (broad SMARTS) is 2. The molecule has 0 aliphatic heterocycles. The first-order valence-electron chi connectivity index (χ1n) is 11.7. The van der Waals surface area contributed by atoms with E-state index in [1.807, 2.05) is 6.92 Å². The number of carbonyl (C=O) groups excluding carboxylic acids is 2. The summed E-state index contributed by atoms with van der Waals surface area (Å²) in [7, 11) is 0. The van der Waals surface area contributed by atoms with Crippen LogP contribution in [0.25, 0.3) is 10.2 Å². The largest absolute Gasteiger partial charge is 0.481 e. The third kappa shape index (κ3) is 7.40. The molecule has 4 N–H and O–H groups in total. The van der Waals surface area contributed by atoms with Crippen LogP contribution >= 0.6 is 22.7 Å².